The van der Waals surface area contributed by atoms with E-state index in [1.165, 1.54) is 28.3 Å². The van der Waals surface area contributed by atoms with Gasteiger partial charge in [-0.25, -0.2) is 0 Å². The van der Waals surface area contributed by atoms with E-state index in [4.69, 9.17) is 9.47 Å². The molecule has 0 N–H and O–H groups in total. The Labute approximate surface area is 89.7 Å². The van der Waals surface area contributed by atoms with Gasteiger partial charge < -0.3 is 19.0 Å². The van der Waals surface area contributed by atoms with Gasteiger partial charge in [0, 0.05) is 27.1 Å². The molecule has 0 fully saturated rings. The van der Waals surface area contributed by atoms with Gasteiger partial charge in [0.1, 0.15) is 5.78 Å². The lowest BCUT2D eigenvalue weighted by atomic mass is 9.99. The van der Waals surface area contributed by atoms with Crippen molar-refractivity contribution in [1.29, 1.82) is 0 Å². The second kappa shape index (κ2) is 7.36. The van der Waals surface area contributed by atoms with Crippen molar-refractivity contribution in [2.45, 2.75) is 26.1 Å². The number of Topliss-reactive ketones (excluding diaryl/α,β-unsaturated/α-hetero) is 1. The first-order chi connectivity index (χ1) is 7.04. The Hall–Kier alpha value is -0.940. The number of ether oxygens (including phenoxy) is 3. The van der Waals surface area contributed by atoms with Crippen molar-refractivity contribution >= 4 is 11.8 Å². The summed E-state index contributed by atoms with van der Waals surface area (Å²) in [5, 5.41) is 0. The third-order valence-corrected chi connectivity index (χ3v) is 2.07. The van der Waals surface area contributed by atoms with Gasteiger partial charge in [-0.3, -0.25) is 4.79 Å². The van der Waals surface area contributed by atoms with Crippen LogP contribution in [0.3, 0.4) is 0 Å². The molecule has 0 aliphatic rings. The largest absolute Gasteiger partial charge is 0.469 e. The zero-order valence-electron chi connectivity index (χ0n) is 9.61. The Balaban J connectivity index is 4.35. The highest BCUT2D eigenvalue weighted by Gasteiger charge is 2.25. The average molecular weight is 218 g/mol. The van der Waals surface area contributed by atoms with Crippen LogP contribution in [-0.4, -0.2) is 39.4 Å². The number of methoxy groups -OCH3 is 3. The smallest absolute Gasteiger partial charge is 0.309 e. The highest BCUT2D eigenvalue weighted by atomic mass is 16.7. The SMILES string of the molecule is COC(=O)C(CC(C)=O)CC(OC)OC. The normalized spacial score (nSPS) is 12.6. The van der Waals surface area contributed by atoms with Crippen molar-refractivity contribution in [1.82, 2.24) is 0 Å². The minimum absolute atomic E-state index is 0.0589. The van der Waals surface area contributed by atoms with Crippen molar-refractivity contribution in [3.8, 4) is 0 Å². The first kappa shape index (κ1) is 14.1. The number of hydrogen-bond donors (Lipinski definition) is 0. The molecule has 0 aliphatic carbocycles. The van der Waals surface area contributed by atoms with Crippen molar-refractivity contribution in [2.75, 3.05) is 21.3 Å². The van der Waals surface area contributed by atoms with Gasteiger partial charge in [0.15, 0.2) is 6.29 Å². The minimum Gasteiger partial charge on any atom is -0.469 e. The monoisotopic (exact) mass is 218 g/mol. The number of rotatable bonds is 7. The van der Waals surface area contributed by atoms with Gasteiger partial charge in [0.25, 0.3) is 0 Å². The van der Waals surface area contributed by atoms with Gasteiger partial charge in [-0.2, -0.15) is 0 Å². The van der Waals surface area contributed by atoms with E-state index in [0.717, 1.165) is 0 Å². The summed E-state index contributed by atoms with van der Waals surface area (Å²) in [6, 6.07) is 0. The van der Waals surface area contributed by atoms with E-state index in [2.05, 4.69) is 4.74 Å². The van der Waals surface area contributed by atoms with E-state index in [9.17, 15) is 9.59 Å². The van der Waals surface area contributed by atoms with E-state index >= 15 is 0 Å². The highest BCUT2D eigenvalue weighted by molar-refractivity contribution is 5.82. The molecule has 88 valence electrons. The molecule has 0 rings (SSSR count). The lowest BCUT2D eigenvalue weighted by Gasteiger charge is -2.18. The summed E-state index contributed by atoms with van der Waals surface area (Å²) in [6.45, 7) is 1.44. The Morgan fingerprint density at radius 2 is 1.67 bits per heavy atom. The summed E-state index contributed by atoms with van der Waals surface area (Å²) in [5.74, 6) is -0.974. The predicted molar refractivity (Wildman–Crippen MR) is 53.2 cm³/mol. The molecule has 0 aliphatic heterocycles. The number of carbonyl (C=O) groups is 2. The summed E-state index contributed by atoms with van der Waals surface area (Å²) in [5.41, 5.74) is 0. The summed E-state index contributed by atoms with van der Waals surface area (Å²) >= 11 is 0. The van der Waals surface area contributed by atoms with Gasteiger partial charge in [0.05, 0.1) is 13.0 Å². The van der Waals surface area contributed by atoms with E-state index in [1.54, 1.807) is 0 Å². The summed E-state index contributed by atoms with van der Waals surface area (Å²) < 4.78 is 14.5. The molecule has 0 radical (unpaired) electrons. The van der Waals surface area contributed by atoms with E-state index in [1.807, 2.05) is 0 Å². The van der Waals surface area contributed by atoms with Crippen molar-refractivity contribution in [3.63, 3.8) is 0 Å². The molecule has 0 amide bonds. The standard InChI is InChI=1S/C10H18O5/c1-7(11)5-8(10(12)15-4)6-9(13-2)14-3/h8-9H,5-6H2,1-4H3. The predicted octanol–water partition coefficient (Wildman–Crippen LogP) is 0.764. The lowest BCUT2D eigenvalue weighted by Crippen LogP contribution is -2.26. The number of esters is 1. The topological polar surface area (TPSA) is 61.8 Å². The third-order valence-electron chi connectivity index (χ3n) is 2.07. The van der Waals surface area contributed by atoms with Crippen molar-refractivity contribution in [2.24, 2.45) is 5.92 Å². The quantitative estimate of drug-likeness (QED) is 0.466. The number of ketones is 1. The lowest BCUT2D eigenvalue weighted by molar-refractivity contribution is -0.155. The molecule has 0 aromatic carbocycles. The van der Waals surface area contributed by atoms with Crippen LogP contribution in [0.25, 0.3) is 0 Å². The molecule has 1 atom stereocenters. The van der Waals surface area contributed by atoms with Crippen molar-refractivity contribution in [3.05, 3.63) is 0 Å². The van der Waals surface area contributed by atoms with Crippen LogP contribution in [0.2, 0.25) is 0 Å². The third kappa shape index (κ3) is 5.49. The fraction of sp³-hybridized carbons (Fsp3) is 0.800. The Morgan fingerprint density at radius 3 is 2.00 bits per heavy atom. The molecule has 15 heavy (non-hydrogen) atoms. The maximum Gasteiger partial charge on any atom is 0.309 e. The zero-order valence-corrected chi connectivity index (χ0v) is 9.61. The molecular weight excluding hydrogens is 200 g/mol. The second-order valence-corrected chi connectivity index (χ2v) is 3.26. The molecule has 0 aromatic rings. The fourth-order valence-corrected chi connectivity index (χ4v) is 1.30. The van der Waals surface area contributed by atoms with Gasteiger partial charge in [-0.1, -0.05) is 0 Å². The van der Waals surface area contributed by atoms with Crippen LogP contribution in [0.15, 0.2) is 0 Å². The van der Waals surface area contributed by atoms with Crippen LogP contribution in [0.5, 0.6) is 0 Å². The average Bonchev–Trinajstić information content (AvgIpc) is 2.22. The summed E-state index contributed by atoms with van der Waals surface area (Å²) in [4.78, 5) is 22.3. The van der Waals surface area contributed by atoms with Gasteiger partial charge >= 0.3 is 5.97 Å². The highest BCUT2D eigenvalue weighted by Crippen LogP contribution is 2.16. The van der Waals surface area contributed by atoms with Crippen molar-refractivity contribution < 1.29 is 23.8 Å². The molecule has 0 heterocycles. The summed E-state index contributed by atoms with van der Waals surface area (Å²) in [7, 11) is 4.26. The van der Waals surface area contributed by atoms with Crippen LogP contribution < -0.4 is 0 Å². The zero-order chi connectivity index (χ0) is 11.8. The van der Waals surface area contributed by atoms with E-state index in [0.29, 0.717) is 6.42 Å². The summed E-state index contributed by atoms with van der Waals surface area (Å²) in [6.07, 6.45) is -0.0248. The molecule has 1 unspecified atom stereocenters. The van der Waals surface area contributed by atoms with Crippen LogP contribution in [0.1, 0.15) is 19.8 Å². The molecular formula is C10H18O5. The van der Waals surface area contributed by atoms with Gasteiger partial charge in [0.2, 0.25) is 0 Å². The van der Waals surface area contributed by atoms with E-state index < -0.39 is 18.2 Å². The molecule has 0 saturated heterocycles. The van der Waals surface area contributed by atoms with Crippen LogP contribution in [0.4, 0.5) is 0 Å². The minimum atomic E-state index is -0.502. The maximum atomic E-state index is 11.3. The first-order valence-electron chi connectivity index (χ1n) is 4.68. The Kier molecular flexibility index (Phi) is 6.90. The fourth-order valence-electron chi connectivity index (χ4n) is 1.30. The number of hydrogen-bond acceptors (Lipinski definition) is 5. The Morgan fingerprint density at radius 1 is 1.13 bits per heavy atom. The first-order valence-corrected chi connectivity index (χ1v) is 4.68. The molecule has 0 spiro atoms. The molecule has 0 bridgehead atoms. The molecule has 5 heteroatoms. The van der Waals surface area contributed by atoms with Gasteiger partial charge in [-0.05, 0) is 6.92 Å². The molecule has 0 saturated carbocycles. The number of carbonyl (C=O) groups excluding carboxylic acids is 2. The molecule has 0 aromatic heterocycles. The second-order valence-electron chi connectivity index (χ2n) is 3.26. The molecule has 5 nitrogen and oxygen atoms in total. The van der Waals surface area contributed by atoms with Crippen LogP contribution in [0, 0.1) is 5.92 Å². The van der Waals surface area contributed by atoms with Gasteiger partial charge in [-0.15, -0.1) is 0 Å². The van der Waals surface area contributed by atoms with Crippen LogP contribution >= 0.6 is 0 Å². The Bertz CT molecular complexity index is 210. The van der Waals surface area contributed by atoms with Crippen LogP contribution in [-0.2, 0) is 23.8 Å². The maximum absolute atomic E-state index is 11.3. The van der Waals surface area contributed by atoms with E-state index in [-0.39, 0.29) is 12.2 Å².